The van der Waals surface area contributed by atoms with E-state index in [0.29, 0.717) is 11.3 Å². The second kappa shape index (κ2) is 4.92. The van der Waals surface area contributed by atoms with E-state index in [1.807, 2.05) is 60.7 Å². The molecule has 6 nitrogen and oxygen atoms in total. The molecule has 106 valence electrons. The lowest BCUT2D eigenvalue weighted by molar-refractivity contribution is 0.486. The third kappa shape index (κ3) is 1.98. The summed E-state index contributed by atoms with van der Waals surface area (Å²) < 4.78 is 6.55. The van der Waals surface area contributed by atoms with Crippen molar-refractivity contribution in [3.63, 3.8) is 0 Å². The van der Waals surface area contributed by atoms with Gasteiger partial charge in [-0.25, -0.2) is 4.79 Å². The number of fused-ring (bicyclic) bond motifs is 1. The molecule has 0 saturated carbocycles. The van der Waals surface area contributed by atoms with Gasteiger partial charge in [-0.2, -0.15) is 0 Å². The fourth-order valence-corrected chi connectivity index (χ4v) is 2.25. The Labute approximate surface area is 124 Å². The Balaban J connectivity index is 1.94. The molecule has 22 heavy (non-hydrogen) atoms. The van der Waals surface area contributed by atoms with Crippen LogP contribution in [0.5, 0.6) is 0 Å². The number of hydrogen-bond donors (Lipinski definition) is 0. The third-order valence-electron chi connectivity index (χ3n) is 3.29. The molecule has 2 heterocycles. The summed E-state index contributed by atoms with van der Waals surface area (Å²) in [6.07, 6.45) is 0. The van der Waals surface area contributed by atoms with Crippen LogP contribution >= 0.6 is 0 Å². The van der Waals surface area contributed by atoms with Gasteiger partial charge in [0.2, 0.25) is 11.4 Å². The molecule has 0 unspecified atom stereocenters. The van der Waals surface area contributed by atoms with Crippen molar-refractivity contribution >= 4 is 5.52 Å². The van der Waals surface area contributed by atoms with E-state index in [0.717, 1.165) is 5.56 Å². The molecule has 0 N–H and O–H groups in total. The lowest BCUT2D eigenvalue weighted by Gasteiger charge is -1.99. The van der Waals surface area contributed by atoms with Crippen LogP contribution in [0.15, 0.2) is 69.9 Å². The van der Waals surface area contributed by atoms with Gasteiger partial charge in [-0.05, 0) is 17.3 Å². The third-order valence-corrected chi connectivity index (χ3v) is 3.29. The summed E-state index contributed by atoms with van der Waals surface area (Å²) in [5, 5.41) is 12.2. The smallest absolute Gasteiger partial charge is 0.368 e. The maximum absolute atomic E-state index is 12.3. The van der Waals surface area contributed by atoms with Crippen LogP contribution in [-0.2, 0) is 0 Å². The number of rotatable bonds is 2. The molecule has 0 aliphatic rings. The fraction of sp³-hybridized carbons (Fsp3) is 0. The molecule has 0 radical (unpaired) electrons. The molecular weight excluding hydrogens is 280 g/mol. The van der Waals surface area contributed by atoms with E-state index < -0.39 is 5.63 Å². The quantitative estimate of drug-likeness (QED) is 0.567. The molecule has 0 aliphatic carbocycles. The van der Waals surface area contributed by atoms with Crippen LogP contribution in [0.3, 0.4) is 0 Å². The standard InChI is InChI=1S/C16H10N4O2/c21-16-14-13(11-7-3-1-4-8-11)17-19-20(14)18-15(22-16)12-9-5-2-6-10-12/h1-10H. The normalized spacial score (nSPS) is 10.9. The minimum Gasteiger partial charge on any atom is -0.400 e. The molecule has 0 bridgehead atoms. The summed E-state index contributed by atoms with van der Waals surface area (Å²) >= 11 is 0. The van der Waals surface area contributed by atoms with Gasteiger partial charge in [-0.3, -0.25) is 0 Å². The van der Waals surface area contributed by atoms with Crippen molar-refractivity contribution in [2.75, 3.05) is 0 Å². The average Bonchev–Trinajstić information content (AvgIpc) is 3.01. The highest BCUT2D eigenvalue weighted by molar-refractivity contribution is 5.75. The van der Waals surface area contributed by atoms with Gasteiger partial charge in [0.15, 0.2) is 0 Å². The van der Waals surface area contributed by atoms with Crippen LogP contribution in [0, 0.1) is 0 Å². The summed E-state index contributed by atoms with van der Waals surface area (Å²) in [5.74, 6) is 0.211. The van der Waals surface area contributed by atoms with Crippen LogP contribution in [-0.4, -0.2) is 20.0 Å². The van der Waals surface area contributed by atoms with E-state index in [4.69, 9.17) is 4.42 Å². The van der Waals surface area contributed by atoms with Gasteiger partial charge in [0.1, 0.15) is 5.69 Å². The molecule has 4 aromatic rings. The van der Waals surface area contributed by atoms with Gasteiger partial charge in [0.05, 0.1) is 0 Å². The number of hydrogen-bond acceptors (Lipinski definition) is 5. The Hall–Kier alpha value is -3.28. The molecule has 2 aromatic carbocycles. The van der Waals surface area contributed by atoms with Gasteiger partial charge in [0.25, 0.3) is 0 Å². The minimum absolute atomic E-state index is 0.211. The molecule has 4 rings (SSSR count). The summed E-state index contributed by atoms with van der Waals surface area (Å²) in [4.78, 5) is 12.3. The van der Waals surface area contributed by atoms with Gasteiger partial charge in [-0.15, -0.1) is 14.8 Å². The van der Waals surface area contributed by atoms with Crippen LogP contribution in [0.4, 0.5) is 0 Å². The van der Waals surface area contributed by atoms with Crippen LogP contribution in [0.1, 0.15) is 0 Å². The van der Waals surface area contributed by atoms with Crippen molar-refractivity contribution in [3.05, 3.63) is 71.1 Å². The topological polar surface area (TPSA) is 73.3 Å². The molecular formula is C16H10N4O2. The first-order valence-electron chi connectivity index (χ1n) is 6.70. The summed E-state index contributed by atoms with van der Waals surface area (Å²) in [6, 6.07) is 18.5. The monoisotopic (exact) mass is 290 g/mol. The lowest BCUT2D eigenvalue weighted by atomic mass is 10.1. The van der Waals surface area contributed by atoms with Crippen molar-refractivity contribution in [2.45, 2.75) is 0 Å². The van der Waals surface area contributed by atoms with Crippen LogP contribution < -0.4 is 5.63 Å². The Morgan fingerprint density at radius 3 is 2.18 bits per heavy atom. The zero-order valence-corrected chi connectivity index (χ0v) is 11.4. The Morgan fingerprint density at radius 2 is 1.50 bits per heavy atom. The van der Waals surface area contributed by atoms with E-state index in [1.165, 1.54) is 4.63 Å². The molecule has 0 aliphatic heterocycles. The second-order valence-corrected chi connectivity index (χ2v) is 4.70. The highest BCUT2D eigenvalue weighted by Gasteiger charge is 2.16. The summed E-state index contributed by atoms with van der Waals surface area (Å²) in [6.45, 7) is 0. The second-order valence-electron chi connectivity index (χ2n) is 4.70. The molecule has 0 saturated heterocycles. The van der Waals surface area contributed by atoms with Gasteiger partial charge in [-0.1, -0.05) is 48.5 Å². The van der Waals surface area contributed by atoms with E-state index >= 15 is 0 Å². The lowest BCUT2D eigenvalue weighted by Crippen LogP contribution is -2.09. The van der Waals surface area contributed by atoms with Crippen LogP contribution in [0.25, 0.3) is 28.2 Å². The largest absolute Gasteiger partial charge is 0.400 e. The molecule has 0 amide bonds. The number of benzene rings is 2. The Morgan fingerprint density at radius 1 is 0.864 bits per heavy atom. The van der Waals surface area contributed by atoms with E-state index in [9.17, 15) is 4.79 Å². The van der Waals surface area contributed by atoms with Crippen molar-refractivity contribution in [2.24, 2.45) is 0 Å². The van der Waals surface area contributed by atoms with Crippen molar-refractivity contribution in [1.82, 2.24) is 20.0 Å². The summed E-state index contributed by atoms with van der Waals surface area (Å²) in [5.41, 5.74) is 1.67. The summed E-state index contributed by atoms with van der Waals surface area (Å²) in [7, 11) is 0. The maximum Gasteiger partial charge on any atom is 0.368 e. The van der Waals surface area contributed by atoms with E-state index in [1.54, 1.807) is 0 Å². The first-order chi connectivity index (χ1) is 10.8. The Kier molecular flexibility index (Phi) is 2.79. The maximum atomic E-state index is 12.3. The fourth-order valence-electron chi connectivity index (χ4n) is 2.25. The average molecular weight is 290 g/mol. The molecule has 0 atom stereocenters. The zero-order chi connectivity index (χ0) is 14.9. The molecule has 0 spiro atoms. The van der Waals surface area contributed by atoms with E-state index in [2.05, 4.69) is 15.4 Å². The molecule has 2 aromatic heterocycles. The first-order valence-corrected chi connectivity index (χ1v) is 6.70. The highest BCUT2D eigenvalue weighted by atomic mass is 16.4. The van der Waals surface area contributed by atoms with Crippen molar-refractivity contribution < 1.29 is 4.42 Å². The minimum atomic E-state index is -0.516. The zero-order valence-electron chi connectivity index (χ0n) is 11.4. The predicted octanol–water partition coefficient (Wildman–Crippen LogP) is 2.41. The van der Waals surface area contributed by atoms with Gasteiger partial charge >= 0.3 is 5.63 Å². The van der Waals surface area contributed by atoms with Crippen molar-refractivity contribution in [3.8, 4) is 22.7 Å². The number of aromatic nitrogens is 4. The molecule has 0 fully saturated rings. The van der Waals surface area contributed by atoms with Crippen LogP contribution in [0.2, 0.25) is 0 Å². The molecule has 6 heteroatoms. The Bertz CT molecular complexity index is 991. The van der Waals surface area contributed by atoms with Crippen molar-refractivity contribution in [1.29, 1.82) is 0 Å². The highest BCUT2D eigenvalue weighted by Crippen LogP contribution is 2.20. The van der Waals surface area contributed by atoms with Gasteiger partial charge in [0, 0.05) is 11.1 Å². The SMILES string of the molecule is O=c1oc(-c2ccccc2)nn2nnc(-c3ccccc3)c12. The first kappa shape index (κ1) is 12.5. The van der Waals surface area contributed by atoms with Gasteiger partial charge < -0.3 is 4.42 Å². The number of nitrogens with zero attached hydrogens (tertiary/aromatic N) is 4. The predicted molar refractivity (Wildman–Crippen MR) is 80.2 cm³/mol. The van der Waals surface area contributed by atoms with E-state index in [-0.39, 0.29) is 11.4 Å².